The van der Waals surface area contributed by atoms with E-state index in [0.29, 0.717) is 15.5 Å². The lowest BCUT2D eigenvalue weighted by molar-refractivity contribution is -0.112. The predicted molar refractivity (Wildman–Crippen MR) is 104 cm³/mol. The molecule has 0 atom stereocenters. The second kappa shape index (κ2) is 8.65. The molecule has 0 unspecified atom stereocenters. The highest BCUT2D eigenvalue weighted by Crippen LogP contribution is 2.24. The predicted octanol–water partition coefficient (Wildman–Crippen LogP) is 3.65. The van der Waals surface area contributed by atoms with Crippen LogP contribution in [0.4, 0.5) is 10.8 Å². The van der Waals surface area contributed by atoms with Gasteiger partial charge in [0.25, 0.3) is 5.91 Å². The number of rotatable bonds is 6. The van der Waals surface area contributed by atoms with Crippen molar-refractivity contribution in [3.63, 3.8) is 0 Å². The molecule has 0 aliphatic carbocycles. The minimum Gasteiger partial charge on any atom is -0.378 e. The Morgan fingerprint density at radius 2 is 2.04 bits per heavy atom. The summed E-state index contributed by atoms with van der Waals surface area (Å²) in [6.45, 7) is 4.09. The molecule has 25 heavy (non-hydrogen) atoms. The average molecular weight is 374 g/mol. The van der Waals surface area contributed by atoms with Gasteiger partial charge < -0.3 is 4.90 Å². The first kappa shape index (κ1) is 19.0. The molecular formula is C17H19N5OS2. The Hall–Kier alpha value is -2.37. The molecule has 130 valence electrons. The van der Waals surface area contributed by atoms with Gasteiger partial charge in [-0.2, -0.15) is 14.6 Å². The van der Waals surface area contributed by atoms with Crippen LogP contribution >= 0.6 is 23.3 Å². The molecule has 0 fully saturated rings. The maximum Gasteiger partial charge on any atom is 0.268 e. The SMILES string of the molecule is CC(C)Sc1nsc(NC(=O)/C(C#N)=C\c2ccc(N(C)C)cc2)n1. The molecule has 0 aliphatic heterocycles. The molecular weight excluding hydrogens is 354 g/mol. The molecule has 6 nitrogen and oxygen atoms in total. The van der Waals surface area contributed by atoms with Crippen LogP contribution in [0.3, 0.4) is 0 Å². The number of carbonyl (C=O) groups excluding carboxylic acids is 1. The summed E-state index contributed by atoms with van der Waals surface area (Å²) in [5.41, 5.74) is 1.85. The monoisotopic (exact) mass is 373 g/mol. The molecule has 1 heterocycles. The van der Waals surface area contributed by atoms with Crippen molar-refractivity contribution in [3.8, 4) is 6.07 Å². The van der Waals surface area contributed by atoms with Gasteiger partial charge in [0.05, 0.1) is 0 Å². The van der Waals surface area contributed by atoms with E-state index in [-0.39, 0.29) is 5.57 Å². The Bertz CT molecular complexity index is 803. The number of nitriles is 1. The van der Waals surface area contributed by atoms with E-state index < -0.39 is 5.91 Å². The molecule has 1 aromatic heterocycles. The van der Waals surface area contributed by atoms with Crippen molar-refractivity contribution in [2.24, 2.45) is 0 Å². The first-order valence-electron chi connectivity index (χ1n) is 7.60. The topological polar surface area (TPSA) is 81.9 Å². The first-order chi connectivity index (χ1) is 11.9. The Morgan fingerprint density at radius 3 is 2.60 bits per heavy atom. The van der Waals surface area contributed by atoms with E-state index in [2.05, 4.69) is 14.7 Å². The summed E-state index contributed by atoms with van der Waals surface area (Å²) >= 11 is 2.62. The standard InChI is InChI=1S/C17H19N5OS2/c1-11(2)24-17-20-16(25-21-17)19-15(23)13(10-18)9-12-5-7-14(8-6-12)22(3)4/h5-9,11H,1-4H3,(H,19,20,21,23)/b13-9-. The van der Waals surface area contributed by atoms with Crippen molar-refractivity contribution in [2.75, 3.05) is 24.3 Å². The number of nitrogens with one attached hydrogen (secondary N) is 1. The normalized spacial score (nSPS) is 11.3. The number of anilines is 2. The lowest BCUT2D eigenvalue weighted by atomic mass is 10.1. The number of hydrogen-bond donors (Lipinski definition) is 1. The van der Waals surface area contributed by atoms with Crippen LogP contribution in [-0.4, -0.2) is 34.6 Å². The van der Waals surface area contributed by atoms with Gasteiger partial charge in [0.2, 0.25) is 10.3 Å². The number of nitrogens with zero attached hydrogens (tertiary/aromatic N) is 4. The van der Waals surface area contributed by atoms with E-state index in [0.717, 1.165) is 22.8 Å². The van der Waals surface area contributed by atoms with E-state index in [1.165, 1.54) is 11.8 Å². The van der Waals surface area contributed by atoms with Crippen molar-refractivity contribution >= 4 is 46.1 Å². The average Bonchev–Trinajstić information content (AvgIpc) is 2.98. The summed E-state index contributed by atoms with van der Waals surface area (Å²) in [6.07, 6.45) is 1.56. The van der Waals surface area contributed by atoms with Gasteiger partial charge in [-0.3, -0.25) is 10.1 Å². The Balaban J connectivity index is 2.10. The number of hydrogen-bond acceptors (Lipinski definition) is 7. The van der Waals surface area contributed by atoms with Crippen molar-refractivity contribution < 1.29 is 4.79 Å². The third-order valence-electron chi connectivity index (χ3n) is 3.05. The van der Waals surface area contributed by atoms with Gasteiger partial charge in [-0.1, -0.05) is 37.7 Å². The molecule has 0 bridgehead atoms. The summed E-state index contributed by atoms with van der Waals surface area (Å²) in [7, 11) is 3.90. The maximum absolute atomic E-state index is 12.3. The van der Waals surface area contributed by atoms with E-state index in [1.807, 2.05) is 63.2 Å². The molecule has 0 saturated carbocycles. The summed E-state index contributed by atoms with van der Waals surface area (Å²) in [4.78, 5) is 18.5. The second-order valence-electron chi connectivity index (χ2n) is 5.66. The quantitative estimate of drug-likeness (QED) is 0.473. The molecule has 0 radical (unpaired) electrons. The lowest BCUT2D eigenvalue weighted by Crippen LogP contribution is -2.13. The fourth-order valence-electron chi connectivity index (χ4n) is 1.87. The maximum atomic E-state index is 12.3. The van der Waals surface area contributed by atoms with Crippen LogP contribution < -0.4 is 10.2 Å². The Morgan fingerprint density at radius 1 is 1.36 bits per heavy atom. The summed E-state index contributed by atoms with van der Waals surface area (Å²) in [5, 5.41) is 13.3. The molecule has 2 aromatic rings. The molecule has 0 spiro atoms. The summed E-state index contributed by atoms with van der Waals surface area (Å²) < 4.78 is 4.18. The van der Waals surface area contributed by atoms with Crippen LogP contribution in [0.5, 0.6) is 0 Å². The van der Waals surface area contributed by atoms with Crippen LogP contribution in [0.2, 0.25) is 0 Å². The lowest BCUT2D eigenvalue weighted by Gasteiger charge is -2.11. The van der Waals surface area contributed by atoms with Crippen molar-refractivity contribution in [2.45, 2.75) is 24.3 Å². The number of amides is 1. The third-order valence-corrected chi connectivity index (χ3v) is 4.67. The van der Waals surface area contributed by atoms with Crippen molar-refractivity contribution in [1.29, 1.82) is 5.26 Å². The molecule has 1 N–H and O–H groups in total. The van der Waals surface area contributed by atoms with Gasteiger partial charge in [-0.25, -0.2) is 0 Å². The smallest absolute Gasteiger partial charge is 0.268 e. The van der Waals surface area contributed by atoms with Crippen LogP contribution in [0.15, 0.2) is 35.0 Å². The van der Waals surface area contributed by atoms with E-state index in [1.54, 1.807) is 6.08 Å². The number of carbonyl (C=O) groups is 1. The minimum atomic E-state index is -0.489. The van der Waals surface area contributed by atoms with E-state index in [4.69, 9.17) is 0 Å². The zero-order valence-electron chi connectivity index (χ0n) is 14.5. The van der Waals surface area contributed by atoms with Gasteiger partial charge in [-0.15, -0.1) is 0 Å². The third kappa shape index (κ3) is 5.59. The highest BCUT2D eigenvalue weighted by Gasteiger charge is 2.13. The fourth-order valence-corrected chi connectivity index (χ4v) is 3.25. The number of aromatic nitrogens is 2. The summed E-state index contributed by atoms with van der Waals surface area (Å²) in [6, 6.07) is 9.52. The Kier molecular flexibility index (Phi) is 6.56. The molecule has 0 saturated heterocycles. The first-order valence-corrected chi connectivity index (χ1v) is 9.25. The van der Waals surface area contributed by atoms with Crippen LogP contribution in [0, 0.1) is 11.3 Å². The second-order valence-corrected chi connectivity index (χ2v) is 7.95. The van der Waals surface area contributed by atoms with Crippen molar-refractivity contribution in [3.05, 3.63) is 35.4 Å². The van der Waals surface area contributed by atoms with Crippen molar-refractivity contribution in [1.82, 2.24) is 9.36 Å². The Labute approximate surface area is 155 Å². The number of benzene rings is 1. The minimum absolute atomic E-state index is 0.0193. The van der Waals surface area contributed by atoms with Gasteiger partial charge in [-0.05, 0) is 23.8 Å². The van der Waals surface area contributed by atoms with Gasteiger partial charge in [0, 0.05) is 36.6 Å². The highest BCUT2D eigenvalue weighted by atomic mass is 32.2. The fraction of sp³-hybridized carbons (Fsp3) is 0.294. The molecule has 2 rings (SSSR count). The highest BCUT2D eigenvalue weighted by molar-refractivity contribution is 7.99. The van der Waals surface area contributed by atoms with E-state index >= 15 is 0 Å². The molecule has 1 amide bonds. The van der Waals surface area contributed by atoms with Gasteiger partial charge in [0.15, 0.2) is 0 Å². The zero-order chi connectivity index (χ0) is 18.4. The summed E-state index contributed by atoms with van der Waals surface area (Å²) in [5.74, 6) is -0.489. The van der Waals surface area contributed by atoms with Gasteiger partial charge in [0.1, 0.15) is 11.6 Å². The molecule has 1 aromatic carbocycles. The number of thioether (sulfide) groups is 1. The van der Waals surface area contributed by atoms with E-state index in [9.17, 15) is 10.1 Å². The molecule has 8 heteroatoms. The van der Waals surface area contributed by atoms with Crippen LogP contribution in [0.1, 0.15) is 19.4 Å². The van der Waals surface area contributed by atoms with Gasteiger partial charge >= 0.3 is 0 Å². The van der Waals surface area contributed by atoms with Crippen LogP contribution in [-0.2, 0) is 4.79 Å². The molecule has 0 aliphatic rings. The largest absolute Gasteiger partial charge is 0.378 e. The van der Waals surface area contributed by atoms with Crippen LogP contribution in [0.25, 0.3) is 6.08 Å². The zero-order valence-corrected chi connectivity index (χ0v) is 16.1.